The summed E-state index contributed by atoms with van der Waals surface area (Å²) < 4.78 is 39.5. The molecule has 0 saturated carbocycles. The summed E-state index contributed by atoms with van der Waals surface area (Å²) in [5.41, 5.74) is 1.21. The van der Waals surface area contributed by atoms with Crippen molar-refractivity contribution in [1.29, 1.82) is 0 Å². The topological polar surface area (TPSA) is 105 Å². The molecule has 3 rings (SSSR count). The lowest BCUT2D eigenvalue weighted by molar-refractivity contribution is -0.139. The van der Waals surface area contributed by atoms with E-state index in [1.54, 1.807) is 37.3 Å². The van der Waals surface area contributed by atoms with Crippen LogP contribution in [0.5, 0.6) is 11.5 Å². The Morgan fingerprint density at radius 3 is 2.02 bits per heavy atom. The minimum Gasteiger partial charge on any atom is -0.493 e. The normalized spacial score (nSPS) is 11.9. The summed E-state index contributed by atoms with van der Waals surface area (Å²) in [6.45, 7) is 5.02. The summed E-state index contributed by atoms with van der Waals surface area (Å²) in [4.78, 5) is 28.3. The Labute approximate surface area is 236 Å². The highest BCUT2D eigenvalue weighted by atomic mass is 32.2. The fourth-order valence-corrected chi connectivity index (χ4v) is 5.63. The lowest BCUT2D eigenvalue weighted by Crippen LogP contribution is -2.53. The van der Waals surface area contributed by atoms with Gasteiger partial charge in [0.05, 0.1) is 24.8 Å². The maximum Gasteiger partial charge on any atom is 0.264 e. The van der Waals surface area contributed by atoms with Crippen LogP contribution < -0.4 is 19.1 Å². The van der Waals surface area contributed by atoms with E-state index < -0.39 is 28.5 Å². The van der Waals surface area contributed by atoms with Gasteiger partial charge in [0.2, 0.25) is 11.8 Å². The first-order valence-corrected chi connectivity index (χ1v) is 14.5. The summed E-state index contributed by atoms with van der Waals surface area (Å²) in [7, 11) is -1.24. The van der Waals surface area contributed by atoms with Crippen LogP contribution in [0.25, 0.3) is 0 Å². The lowest BCUT2D eigenvalue weighted by atomic mass is 10.1. The first kappa shape index (κ1) is 30.5. The summed E-state index contributed by atoms with van der Waals surface area (Å²) in [5, 5.41) is 2.85. The van der Waals surface area contributed by atoms with Crippen LogP contribution >= 0.6 is 0 Å². The van der Waals surface area contributed by atoms with Crippen molar-refractivity contribution in [2.24, 2.45) is 0 Å². The monoisotopic (exact) mass is 567 g/mol. The minimum atomic E-state index is -4.17. The first-order valence-electron chi connectivity index (χ1n) is 13.0. The maximum atomic E-state index is 13.9. The van der Waals surface area contributed by atoms with Crippen LogP contribution in [0.3, 0.4) is 0 Å². The van der Waals surface area contributed by atoms with Gasteiger partial charge >= 0.3 is 0 Å². The number of rotatable bonds is 13. The molecule has 3 aromatic rings. The molecule has 3 aromatic carbocycles. The van der Waals surface area contributed by atoms with E-state index in [0.29, 0.717) is 17.9 Å². The molecular weight excluding hydrogens is 530 g/mol. The number of amides is 2. The van der Waals surface area contributed by atoms with Crippen molar-refractivity contribution in [1.82, 2.24) is 10.2 Å². The molecular formula is C30H37N3O6S. The molecule has 10 heteroatoms. The number of sulfonamides is 1. The van der Waals surface area contributed by atoms with Gasteiger partial charge in [-0.1, -0.05) is 48.5 Å². The minimum absolute atomic E-state index is 0.0269. The highest BCUT2D eigenvalue weighted by molar-refractivity contribution is 7.92. The Morgan fingerprint density at radius 2 is 1.45 bits per heavy atom. The molecule has 9 nitrogen and oxygen atoms in total. The Hall–Kier alpha value is -4.05. The predicted molar refractivity (Wildman–Crippen MR) is 155 cm³/mol. The number of hydrogen-bond acceptors (Lipinski definition) is 6. The van der Waals surface area contributed by atoms with E-state index in [1.165, 1.54) is 37.3 Å². The van der Waals surface area contributed by atoms with Gasteiger partial charge in [0.1, 0.15) is 12.6 Å². The van der Waals surface area contributed by atoms with Crippen LogP contribution in [0.15, 0.2) is 83.8 Å². The molecule has 0 spiro atoms. The number of carbonyl (C=O) groups excluding carboxylic acids is 2. The third kappa shape index (κ3) is 7.53. The zero-order chi connectivity index (χ0) is 29.3. The molecule has 0 unspecified atom stereocenters. The number of nitrogens with zero attached hydrogens (tertiary/aromatic N) is 2. The van der Waals surface area contributed by atoms with E-state index in [-0.39, 0.29) is 29.1 Å². The van der Waals surface area contributed by atoms with Crippen LogP contribution in [-0.2, 0) is 26.0 Å². The van der Waals surface area contributed by atoms with E-state index in [2.05, 4.69) is 5.32 Å². The summed E-state index contributed by atoms with van der Waals surface area (Å²) >= 11 is 0. The summed E-state index contributed by atoms with van der Waals surface area (Å²) in [5.74, 6) is -0.110. The molecule has 2 amide bonds. The number of hydrogen-bond donors (Lipinski definition) is 1. The van der Waals surface area contributed by atoms with Gasteiger partial charge in [-0.25, -0.2) is 8.42 Å². The van der Waals surface area contributed by atoms with Crippen LogP contribution in [0, 0.1) is 0 Å². The number of carbonyl (C=O) groups is 2. The Balaban J connectivity index is 2.02. The van der Waals surface area contributed by atoms with Gasteiger partial charge in [0, 0.05) is 18.7 Å². The Morgan fingerprint density at radius 1 is 0.850 bits per heavy atom. The predicted octanol–water partition coefficient (Wildman–Crippen LogP) is 3.88. The van der Waals surface area contributed by atoms with Crippen molar-refractivity contribution >= 4 is 27.5 Å². The third-order valence-electron chi connectivity index (χ3n) is 6.35. The second-order valence-corrected chi connectivity index (χ2v) is 11.4. The molecule has 1 atom stereocenters. The zero-order valence-corrected chi connectivity index (χ0v) is 24.4. The third-order valence-corrected chi connectivity index (χ3v) is 8.14. The smallest absolute Gasteiger partial charge is 0.264 e. The molecule has 0 heterocycles. The number of anilines is 1. The second-order valence-electron chi connectivity index (χ2n) is 9.53. The molecule has 0 fully saturated rings. The van der Waals surface area contributed by atoms with Crippen molar-refractivity contribution in [3.8, 4) is 11.5 Å². The molecule has 0 bridgehead atoms. The van der Waals surface area contributed by atoms with Crippen LogP contribution in [0.2, 0.25) is 0 Å². The summed E-state index contributed by atoms with van der Waals surface area (Å²) in [6, 6.07) is 21.2. The SMILES string of the molecule is COc1ccc(N(CC(=O)N(CCc2ccccc2)[C@H](C)C(=O)NC(C)C)S(=O)(=O)c2ccccc2)cc1OC. The molecule has 0 aromatic heterocycles. The first-order chi connectivity index (χ1) is 19.1. The van der Waals surface area contributed by atoms with E-state index in [4.69, 9.17) is 9.47 Å². The molecule has 0 radical (unpaired) electrons. The van der Waals surface area contributed by atoms with Gasteiger partial charge in [-0.3, -0.25) is 13.9 Å². The molecule has 0 aliphatic heterocycles. The van der Waals surface area contributed by atoms with Gasteiger partial charge in [-0.15, -0.1) is 0 Å². The van der Waals surface area contributed by atoms with E-state index in [1.807, 2.05) is 44.2 Å². The number of benzene rings is 3. The summed E-state index contributed by atoms with van der Waals surface area (Å²) in [6.07, 6.45) is 0.494. The molecule has 0 aliphatic carbocycles. The molecule has 0 saturated heterocycles. The second kappa shape index (κ2) is 13.8. The van der Waals surface area contributed by atoms with Crippen LogP contribution in [-0.4, -0.2) is 64.5 Å². The van der Waals surface area contributed by atoms with Crippen molar-refractivity contribution in [3.05, 3.63) is 84.4 Å². The van der Waals surface area contributed by atoms with E-state index in [0.717, 1.165) is 9.87 Å². The average molecular weight is 568 g/mol. The Kier molecular flexibility index (Phi) is 10.6. The van der Waals surface area contributed by atoms with E-state index in [9.17, 15) is 18.0 Å². The lowest BCUT2D eigenvalue weighted by Gasteiger charge is -2.32. The number of nitrogens with one attached hydrogen (secondary N) is 1. The largest absolute Gasteiger partial charge is 0.493 e. The zero-order valence-electron chi connectivity index (χ0n) is 23.5. The van der Waals surface area contributed by atoms with Gasteiger partial charge in [0.25, 0.3) is 10.0 Å². The highest BCUT2D eigenvalue weighted by Crippen LogP contribution is 2.34. The molecule has 0 aliphatic rings. The van der Waals surface area contributed by atoms with Gasteiger partial charge in [-0.2, -0.15) is 0 Å². The fourth-order valence-electron chi connectivity index (χ4n) is 4.20. The standard InChI is InChI=1S/C30H37N3O6S/c1-22(2)31-30(35)23(3)32(19-18-24-12-8-6-9-13-24)29(34)21-33(40(36,37)26-14-10-7-11-15-26)25-16-17-27(38-4)28(20-25)39-5/h6-17,20,22-23H,18-19,21H2,1-5H3,(H,31,35)/t23-/m1/s1. The molecule has 40 heavy (non-hydrogen) atoms. The van der Waals surface area contributed by atoms with Crippen LogP contribution in [0.1, 0.15) is 26.3 Å². The van der Waals surface area contributed by atoms with Gasteiger partial charge < -0.3 is 19.7 Å². The highest BCUT2D eigenvalue weighted by Gasteiger charge is 2.32. The molecule has 214 valence electrons. The molecule has 1 N–H and O–H groups in total. The van der Waals surface area contributed by atoms with E-state index >= 15 is 0 Å². The number of ether oxygens (including phenoxy) is 2. The Bertz CT molecular complexity index is 1380. The van der Waals surface area contributed by atoms with Crippen molar-refractivity contribution < 1.29 is 27.5 Å². The van der Waals surface area contributed by atoms with Crippen molar-refractivity contribution in [3.63, 3.8) is 0 Å². The number of methoxy groups -OCH3 is 2. The fraction of sp³-hybridized carbons (Fsp3) is 0.333. The maximum absolute atomic E-state index is 13.9. The van der Waals surface area contributed by atoms with Gasteiger partial charge in [-0.05, 0) is 57.0 Å². The quantitative estimate of drug-likeness (QED) is 0.336. The van der Waals surface area contributed by atoms with Gasteiger partial charge in [0.15, 0.2) is 11.5 Å². The van der Waals surface area contributed by atoms with Crippen LogP contribution in [0.4, 0.5) is 5.69 Å². The average Bonchev–Trinajstić information content (AvgIpc) is 2.96. The van der Waals surface area contributed by atoms with Crippen molar-refractivity contribution in [2.45, 2.75) is 44.2 Å². The van der Waals surface area contributed by atoms with Crippen molar-refractivity contribution in [2.75, 3.05) is 31.6 Å².